The zero-order chi connectivity index (χ0) is 34.2. The van der Waals surface area contributed by atoms with Crippen LogP contribution in [-0.4, -0.2) is 114 Å². The van der Waals surface area contributed by atoms with Crippen molar-refractivity contribution in [3.05, 3.63) is 28.9 Å². The highest BCUT2D eigenvalue weighted by Crippen LogP contribution is 2.53. The molecule has 1 amide bonds. The van der Waals surface area contributed by atoms with Crippen molar-refractivity contribution in [2.24, 2.45) is 23.1 Å². The van der Waals surface area contributed by atoms with Gasteiger partial charge in [-0.25, -0.2) is 14.3 Å². The fourth-order valence-electron chi connectivity index (χ4n) is 6.64. The van der Waals surface area contributed by atoms with Crippen molar-refractivity contribution >= 4 is 42.6 Å². The zero-order valence-corrected chi connectivity index (χ0v) is 25.8. The maximum Gasteiger partial charge on any atom is 0.469 e. The Kier molecular flexibility index (Phi) is 8.00. The van der Waals surface area contributed by atoms with Crippen LogP contribution in [0.3, 0.4) is 0 Å². The van der Waals surface area contributed by atoms with E-state index in [0.717, 1.165) is 0 Å². The number of carbonyl (C=O) groups excluding carboxylic acids is 3. The van der Waals surface area contributed by atoms with Crippen molar-refractivity contribution in [2.75, 3.05) is 32.6 Å². The highest BCUT2D eigenvalue weighted by atomic mass is 31.2. The summed E-state index contributed by atoms with van der Waals surface area (Å²) in [5.74, 6) is -2.77. The molecular formula is C25H32N9O12P. The Morgan fingerprint density at radius 3 is 2.60 bits per heavy atom. The van der Waals surface area contributed by atoms with Gasteiger partial charge in [-0.1, -0.05) is 0 Å². The first kappa shape index (κ1) is 32.7. The third-order valence-electron chi connectivity index (χ3n) is 8.72. The fraction of sp³-hybridized carbons (Fsp3) is 0.520. The van der Waals surface area contributed by atoms with Crippen molar-refractivity contribution in [2.45, 2.75) is 49.7 Å². The molecule has 254 valence electrons. The molecule has 0 bridgehead atoms. The Morgan fingerprint density at radius 2 is 1.94 bits per heavy atom. The highest BCUT2D eigenvalue weighted by Gasteiger charge is 2.68. The van der Waals surface area contributed by atoms with E-state index in [9.17, 15) is 24.1 Å². The molecule has 2 aromatic rings. The minimum absolute atomic E-state index is 0.0194. The van der Waals surface area contributed by atoms with Gasteiger partial charge in [-0.05, 0) is 6.92 Å². The predicted molar refractivity (Wildman–Crippen MR) is 154 cm³/mol. The van der Waals surface area contributed by atoms with Crippen LogP contribution in [0.5, 0.6) is 5.88 Å². The monoisotopic (exact) mass is 681 g/mol. The number of nitrogen functional groups attached to an aromatic ring is 1. The van der Waals surface area contributed by atoms with Crippen molar-refractivity contribution in [1.82, 2.24) is 24.4 Å². The summed E-state index contributed by atoms with van der Waals surface area (Å²) in [5.41, 5.74) is 22.1. The number of primary amides is 1. The van der Waals surface area contributed by atoms with E-state index in [4.69, 9.17) is 51.7 Å². The Morgan fingerprint density at radius 1 is 1.21 bits per heavy atom. The molecule has 11 N–H and O–H groups in total. The summed E-state index contributed by atoms with van der Waals surface area (Å²) in [6.45, 7) is 0.294. The summed E-state index contributed by atoms with van der Waals surface area (Å²) >= 11 is 0. The lowest BCUT2D eigenvalue weighted by Crippen LogP contribution is -2.59. The van der Waals surface area contributed by atoms with Gasteiger partial charge in [-0.15, -0.1) is 0 Å². The van der Waals surface area contributed by atoms with E-state index in [-0.39, 0.29) is 58.5 Å². The van der Waals surface area contributed by atoms with E-state index in [0.29, 0.717) is 0 Å². The molecule has 21 nitrogen and oxygen atoms in total. The molecule has 22 heteroatoms. The van der Waals surface area contributed by atoms with Gasteiger partial charge in [0.05, 0.1) is 42.4 Å². The van der Waals surface area contributed by atoms with Crippen LogP contribution in [0.2, 0.25) is 0 Å². The number of Topliss-reactive ketones (excluding diaryl/α,β-unsaturated/α-hetero) is 2. The Hall–Kier alpha value is -4.21. The number of hydrogen-bond donors (Lipinski definition) is 7. The average molecular weight is 682 g/mol. The minimum atomic E-state index is -4.82. The van der Waals surface area contributed by atoms with Crippen LogP contribution in [0, 0.1) is 5.92 Å². The SMILES string of the molecule is CO[C@]12[C@@H](COC(N)=O)C3=C(C(=O)C(C)=C(N)C3=O)N1C[C@@H](N)[C@@H]2Oc1nc(N)nc2c1ncn2[C@H]1C[C@H](O)[C@@H](COP(=O)(O)O)O1. The first-order chi connectivity index (χ1) is 22.1. The lowest BCUT2D eigenvalue weighted by molar-refractivity contribution is -0.171. The second-order valence-corrected chi connectivity index (χ2v) is 12.6. The number of allylic oxidation sites excluding steroid dienone is 2. The summed E-state index contributed by atoms with van der Waals surface area (Å²) in [6, 6.07) is -0.886. The molecule has 2 aromatic heterocycles. The third-order valence-corrected chi connectivity index (χ3v) is 9.20. The molecule has 2 fully saturated rings. The molecule has 1 aliphatic carbocycles. The van der Waals surface area contributed by atoms with Gasteiger partial charge < -0.3 is 61.7 Å². The molecule has 47 heavy (non-hydrogen) atoms. The summed E-state index contributed by atoms with van der Waals surface area (Å²) in [5, 5.41) is 10.5. The van der Waals surface area contributed by atoms with E-state index in [2.05, 4.69) is 19.5 Å². The molecule has 0 spiro atoms. The standard InChI is InChI=1S/C25H32N9O12P/c1-8-15(27)19(37)14-9(5-43-24(29)38)25(42-2)20(10(26)4-34(25)17(14)18(8)36)46-22-16-21(31-23(28)32-22)33(7-30-16)13-3-11(35)12(45-13)6-44-47(39,40)41/h7,9-13,20,35H,3-6,26-27H2,1-2H3,(H2,29,38)(H2,28,31,32)(H2,39,40,41)/t9-,10+,11-,12+,13+,20-,25-/m0/s1. The second-order valence-electron chi connectivity index (χ2n) is 11.3. The number of nitrogens with two attached hydrogens (primary N) is 4. The number of aliphatic hydroxyl groups is 1. The number of aromatic nitrogens is 4. The topological polar surface area (TPSA) is 326 Å². The van der Waals surface area contributed by atoms with Gasteiger partial charge in [-0.2, -0.15) is 9.97 Å². The summed E-state index contributed by atoms with van der Waals surface area (Å²) in [7, 11) is -3.51. The van der Waals surface area contributed by atoms with Crippen LogP contribution in [0.1, 0.15) is 19.6 Å². The van der Waals surface area contributed by atoms with Gasteiger partial charge >= 0.3 is 13.9 Å². The third kappa shape index (κ3) is 5.20. The van der Waals surface area contributed by atoms with Crippen LogP contribution >= 0.6 is 7.82 Å². The molecule has 2 saturated heterocycles. The maximum absolute atomic E-state index is 13.5. The van der Waals surface area contributed by atoms with Crippen LogP contribution in [0.25, 0.3) is 11.2 Å². The lowest BCUT2D eigenvalue weighted by atomic mass is 9.81. The molecule has 0 unspecified atom stereocenters. The molecule has 7 atom stereocenters. The molecule has 4 aliphatic rings. The highest BCUT2D eigenvalue weighted by molar-refractivity contribution is 7.46. The number of phosphoric ester groups is 1. The minimum Gasteiger partial charge on any atom is -0.466 e. The largest absolute Gasteiger partial charge is 0.469 e. The molecular weight excluding hydrogens is 649 g/mol. The van der Waals surface area contributed by atoms with Crippen LogP contribution in [0.4, 0.5) is 10.7 Å². The summed E-state index contributed by atoms with van der Waals surface area (Å²) < 4.78 is 40.4. The molecule has 0 saturated carbocycles. The Balaban J connectivity index is 1.37. The van der Waals surface area contributed by atoms with Crippen molar-refractivity contribution in [1.29, 1.82) is 0 Å². The number of nitrogens with zero attached hydrogens (tertiary/aromatic N) is 5. The van der Waals surface area contributed by atoms with E-state index >= 15 is 0 Å². The summed E-state index contributed by atoms with van der Waals surface area (Å²) in [6.07, 6.45) is -4.19. The number of methoxy groups -OCH3 is 1. The number of aliphatic hydroxyl groups excluding tert-OH is 1. The molecule has 3 aliphatic heterocycles. The van der Waals surface area contributed by atoms with Crippen molar-refractivity contribution < 1.29 is 57.3 Å². The number of ether oxygens (including phenoxy) is 4. The van der Waals surface area contributed by atoms with Gasteiger partial charge in [0.15, 0.2) is 23.0 Å². The van der Waals surface area contributed by atoms with E-state index < -0.39 is 80.9 Å². The number of carbonyl (C=O) groups is 3. The zero-order valence-electron chi connectivity index (χ0n) is 24.9. The van der Waals surface area contributed by atoms with E-state index in [1.165, 1.54) is 29.8 Å². The van der Waals surface area contributed by atoms with E-state index in [1.807, 2.05) is 0 Å². The molecule has 0 radical (unpaired) electrons. The molecule has 6 rings (SSSR count). The van der Waals surface area contributed by atoms with Gasteiger partial charge in [0.2, 0.25) is 23.4 Å². The fourth-order valence-corrected chi connectivity index (χ4v) is 6.98. The van der Waals surface area contributed by atoms with Crippen molar-refractivity contribution in [3.63, 3.8) is 0 Å². The van der Waals surface area contributed by atoms with Crippen LogP contribution < -0.4 is 27.7 Å². The van der Waals surface area contributed by atoms with Crippen molar-refractivity contribution in [3.8, 4) is 5.88 Å². The molecule has 5 heterocycles. The Bertz CT molecular complexity index is 1790. The number of anilines is 1. The van der Waals surface area contributed by atoms with Crippen LogP contribution in [0.15, 0.2) is 28.9 Å². The average Bonchev–Trinajstić information content (AvgIpc) is 3.72. The number of hydrogen-bond acceptors (Lipinski definition) is 17. The predicted octanol–water partition coefficient (Wildman–Crippen LogP) is -2.74. The maximum atomic E-state index is 13.5. The summed E-state index contributed by atoms with van der Waals surface area (Å²) in [4.78, 5) is 71.1. The van der Waals surface area contributed by atoms with Gasteiger partial charge in [0.1, 0.15) is 18.9 Å². The normalized spacial score (nSPS) is 30.8. The quantitative estimate of drug-likeness (QED) is 0.104. The van der Waals surface area contributed by atoms with Gasteiger partial charge in [0.25, 0.3) is 0 Å². The Labute approximate surface area is 264 Å². The van der Waals surface area contributed by atoms with Gasteiger partial charge in [0, 0.05) is 31.2 Å². The number of phosphoric acid groups is 1. The van der Waals surface area contributed by atoms with E-state index in [1.54, 1.807) is 0 Å². The smallest absolute Gasteiger partial charge is 0.466 e. The van der Waals surface area contributed by atoms with Crippen LogP contribution in [-0.2, 0) is 32.9 Å². The number of fused-ring (bicyclic) bond motifs is 3. The number of imidazole rings is 1. The van der Waals surface area contributed by atoms with Gasteiger partial charge in [-0.3, -0.25) is 18.7 Å². The first-order valence-electron chi connectivity index (χ1n) is 14.1. The number of ketones is 2. The molecule has 0 aromatic carbocycles. The number of rotatable bonds is 9. The number of amides is 1. The lowest BCUT2D eigenvalue weighted by Gasteiger charge is -2.41. The first-order valence-corrected chi connectivity index (χ1v) is 15.6. The second kappa shape index (κ2) is 11.5.